The predicted octanol–water partition coefficient (Wildman–Crippen LogP) is 2.70. The van der Waals surface area contributed by atoms with Crippen molar-refractivity contribution in [3.8, 4) is 0 Å². The van der Waals surface area contributed by atoms with Crippen molar-refractivity contribution in [1.29, 1.82) is 0 Å². The van der Waals surface area contributed by atoms with Crippen LogP contribution in [0.2, 0.25) is 5.02 Å². The van der Waals surface area contributed by atoms with Gasteiger partial charge in [0.25, 0.3) is 0 Å². The summed E-state index contributed by atoms with van der Waals surface area (Å²) in [6, 6.07) is 7.48. The first-order valence-electron chi connectivity index (χ1n) is 6.26. The summed E-state index contributed by atoms with van der Waals surface area (Å²) in [4.78, 5) is 12.3. The van der Waals surface area contributed by atoms with Gasteiger partial charge in [-0.05, 0) is 30.5 Å². The van der Waals surface area contributed by atoms with Crippen molar-refractivity contribution in [3.05, 3.63) is 34.9 Å². The van der Waals surface area contributed by atoms with Gasteiger partial charge in [-0.2, -0.15) is 0 Å². The fourth-order valence-electron chi connectivity index (χ4n) is 2.37. The van der Waals surface area contributed by atoms with Gasteiger partial charge in [0, 0.05) is 11.4 Å². The molecule has 0 amide bonds. The molecule has 2 aliphatic rings. The number of carbonyl (C=O) groups excluding carboxylic acids is 1. The number of halogens is 1. The molecular weight excluding hydrogens is 252 g/mol. The zero-order chi connectivity index (χ0) is 12.6. The Morgan fingerprint density at radius 2 is 2.06 bits per heavy atom. The molecule has 1 aliphatic heterocycles. The average molecular weight is 267 g/mol. The van der Waals surface area contributed by atoms with Crippen LogP contribution in [-0.4, -0.2) is 25.3 Å². The lowest BCUT2D eigenvalue weighted by atomic mass is 9.96. The highest BCUT2D eigenvalue weighted by Crippen LogP contribution is 2.49. The fourth-order valence-corrected chi connectivity index (χ4v) is 2.50. The third-order valence-electron chi connectivity index (χ3n) is 3.70. The Morgan fingerprint density at radius 1 is 1.33 bits per heavy atom. The molecule has 3 rings (SSSR count). The van der Waals surface area contributed by atoms with Crippen molar-refractivity contribution >= 4 is 17.6 Å². The molecule has 18 heavy (non-hydrogen) atoms. The highest BCUT2D eigenvalue weighted by molar-refractivity contribution is 6.30. The Bertz CT molecular complexity index is 445. The van der Waals surface area contributed by atoms with Crippen molar-refractivity contribution in [2.45, 2.75) is 30.8 Å². The summed E-state index contributed by atoms with van der Waals surface area (Å²) in [5, 5.41) is 0.687. The van der Waals surface area contributed by atoms with Crippen molar-refractivity contribution in [3.63, 3.8) is 0 Å². The van der Waals surface area contributed by atoms with E-state index >= 15 is 0 Å². The van der Waals surface area contributed by atoms with E-state index in [4.69, 9.17) is 21.1 Å². The second kappa shape index (κ2) is 4.56. The Balaban J connectivity index is 1.73. The molecule has 3 nitrogen and oxygen atoms in total. The normalized spacial score (nSPS) is 24.8. The number of benzene rings is 1. The van der Waals surface area contributed by atoms with Gasteiger partial charge in [0.2, 0.25) is 0 Å². The summed E-state index contributed by atoms with van der Waals surface area (Å²) >= 11 is 5.87. The monoisotopic (exact) mass is 266 g/mol. The summed E-state index contributed by atoms with van der Waals surface area (Å²) in [5.74, 6) is -0.111. The molecule has 1 unspecified atom stereocenters. The van der Waals surface area contributed by atoms with Crippen LogP contribution in [-0.2, 0) is 19.7 Å². The molecule has 1 heterocycles. The quantitative estimate of drug-likeness (QED) is 0.789. The van der Waals surface area contributed by atoms with E-state index in [9.17, 15) is 4.79 Å². The van der Waals surface area contributed by atoms with Gasteiger partial charge in [0.15, 0.2) is 0 Å². The van der Waals surface area contributed by atoms with Crippen LogP contribution in [0.15, 0.2) is 24.3 Å². The van der Waals surface area contributed by atoms with Crippen molar-refractivity contribution in [2.24, 2.45) is 0 Å². The molecular formula is C14H15ClO3. The molecule has 1 aromatic rings. The van der Waals surface area contributed by atoms with Crippen LogP contribution in [0.5, 0.6) is 0 Å². The van der Waals surface area contributed by atoms with Crippen LogP contribution in [0.1, 0.15) is 24.8 Å². The van der Waals surface area contributed by atoms with Crippen molar-refractivity contribution in [1.82, 2.24) is 0 Å². The van der Waals surface area contributed by atoms with E-state index in [1.54, 1.807) is 0 Å². The number of carbonyl (C=O) groups is 1. The van der Waals surface area contributed by atoms with Crippen LogP contribution < -0.4 is 0 Å². The van der Waals surface area contributed by atoms with E-state index in [2.05, 4.69) is 0 Å². The average Bonchev–Trinajstić information content (AvgIpc) is 3.03. The zero-order valence-electron chi connectivity index (χ0n) is 10.0. The summed E-state index contributed by atoms with van der Waals surface area (Å²) in [6.07, 6.45) is 2.46. The van der Waals surface area contributed by atoms with Gasteiger partial charge >= 0.3 is 5.97 Å². The second-order valence-corrected chi connectivity index (χ2v) is 5.42. The molecule has 1 atom stereocenters. The molecule has 0 radical (unpaired) electrons. The summed E-state index contributed by atoms with van der Waals surface area (Å²) in [5.41, 5.74) is 0.587. The summed E-state index contributed by atoms with van der Waals surface area (Å²) in [6.45, 7) is 1.22. The standard InChI is InChI=1S/C14H15ClO3/c15-11-3-1-10(2-4-11)14(6-7-14)13(16)18-12-5-8-17-9-12/h1-4,12H,5-9H2. The fraction of sp³-hybridized carbons (Fsp3) is 0.500. The number of hydrogen-bond donors (Lipinski definition) is 0. The van der Waals surface area contributed by atoms with E-state index in [1.165, 1.54) is 0 Å². The van der Waals surface area contributed by atoms with Gasteiger partial charge in [-0.15, -0.1) is 0 Å². The number of esters is 1. The topological polar surface area (TPSA) is 35.5 Å². The zero-order valence-corrected chi connectivity index (χ0v) is 10.8. The molecule has 0 N–H and O–H groups in total. The van der Waals surface area contributed by atoms with Crippen LogP contribution in [0.4, 0.5) is 0 Å². The Labute approximate surface area is 111 Å². The maximum Gasteiger partial charge on any atom is 0.316 e. The van der Waals surface area contributed by atoms with Crippen molar-refractivity contribution in [2.75, 3.05) is 13.2 Å². The molecule has 1 saturated heterocycles. The van der Waals surface area contributed by atoms with Gasteiger partial charge in [-0.3, -0.25) is 4.79 Å². The first kappa shape index (κ1) is 12.0. The summed E-state index contributed by atoms with van der Waals surface area (Å²) in [7, 11) is 0. The Hall–Kier alpha value is -1.06. The van der Waals surface area contributed by atoms with Gasteiger partial charge in [0.05, 0.1) is 18.6 Å². The maximum absolute atomic E-state index is 12.3. The molecule has 0 bridgehead atoms. The molecule has 96 valence electrons. The highest BCUT2D eigenvalue weighted by atomic mass is 35.5. The van der Waals surface area contributed by atoms with Crippen LogP contribution in [0, 0.1) is 0 Å². The number of ether oxygens (including phenoxy) is 2. The third-order valence-corrected chi connectivity index (χ3v) is 3.95. The highest BCUT2D eigenvalue weighted by Gasteiger charge is 2.53. The van der Waals surface area contributed by atoms with Gasteiger partial charge in [0.1, 0.15) is 6.10 Å². The lowest BCUT2D eigenvalue weighted by molar-refractivity contribution is -0.152. The van der Waals surface area contributed by atoms with Gasteiger partial charge < -0.3 is 9.47 Å². The molecule has 0 spiro atoms. The molecule has 1 aliphatic carbocycles. The number of hydrogen-bond acceptors (Lipinski definition) is 3. The lowest BCUT2D eigenvalue weighted by Crippen LogP contribution is -2.28. The first-order chi connectivity index (χ1) is 8.71. The van der Waals surface area contributed by atoms with Crippen molar-refractivity contribution < 1.29 is 14.3 Å². The molecule has 0 aromatic heterocycles. The predicted molar refractivity (Wildman–Crippen MR) is 67.7 cm³/mol. The molecule has 1 saturated carbocycles. The third kappa shape index (κ3) is 2.13. The smallest absolute Gasteiger partial charge is 0.316 e. The van der Waals surface area contributed by atoms with Gasteiger partial charge in [-0.25, -0.2) is 0 Å². The van der Waals surface area contributed by atoms with E-state index < -0.39 is 5.41 Å². The van der Waals surface area contributed by atoms with E-state index in [0.29, 0.717) is 18.2 Å². The van der Waals surface area contributed by atoms with E-state index in [0.717, 1.165) is 24.8 Å². The largest absolute Gasteiger partial charge is 0.459 e. The minimum Gasteiger partial charge on any atom is -0.459 e. The SMILES string of the molecule is O=C(OC1CCOC1)C1(c2ccc(Cl)cc2)CC1. The Morgan fingerprint density at radius 3 is 2.61 bits per heavy atom. The van der Waals surface area contributed by atoms with E-state index in [1.807, 2.05) is 24.3 Å². The van der Waals surface area contributed by atoms with E-state index in [-0.39, 0.29) is 12.1 Å². The van der Waals surface area contributed by atoms with Crippen LogP contribution in [0.25, 0.3) is 0 Å². The Kier molecular flexibility index (Phi) is 3.04. The van der Waals surface area contributed by atoms with Crippen LogP contribution >= 0.6 is 11.6 Å². The first-order valence-corrected chi connectivity index (χ1v) is 6.63. The molecule has 1 aromatic carbocycles. The minimum atomic E-state index is -0.423. The molecule has 4 heteroatoms. The van der Waals surface area contributed by atoms with Crippen LogP contribution in [0.3, 0.4) is 0 Å². The molecule has 2 fully saturated rings. The second-order valence-electron chi connectivity index (χ2n) is 4.98. The summed E-state index contributed by atoms with van der Waals surface area (Å²) < 4.78 is 10.7. The van der Waals surface area contributed by atoms with Gasteiger partial charge in [-0.1, -0.05) is 23.7 Å². The maximum atomic E-state index is 12.3. The minimum absolute atomic E-state index is 0.0673. The lowest BCUT2D eigenvalue weighted by Gasteiger charge is -2.17. The number of rotatable bonds is 3.